The fourth-order valence-electron chi connectivity index (χ4n) is 2.94. The Kier molecular flexibility index (Phi) is 8.58. The van der Waals surface area contributed by atoms with Crippen LogP contribution in [0.25, 0.3) is 0 Å². The third kappa shape index (κ3) is 6.76. The van der Waals surface area contributed by atoms with Crippen molar-refractivity contribution >= 4 is 43.5 Å². The van der Waals surface area contributed by atoms with Gasteiger partial charge in [-0.3, -0.25) is 13.9 Å². The first-order chi connectivity index (χ1) is 14.5. The van der Waals surface area contributed by atoms with Crippen molar-refractivity contribution in [3.63, 3.8) is 0 Å². The molecule has 0 aliphatic heterocycles. The highest BCUT2D eigenvalue weighted by Gasteiger charge is 2.30. The van der Waals surface area contributed by atoms with Crippen LogP contribution >= 0.6 is 15.9 Å². The molecule has 0 spiro atoms. The number of sulfonamides is 1. The van der Waals surface area contributed by atoms with Gasteiger partial charge in [-0.05, 0) is 43.7 Å². The first kappa shape index (κ1) is 24.8. The molecule has 0 fully saturated rings. The average Bonchev–Trinajstić information content (AvgIpc) is 2.71. The molecule has 0 saturated carbocycles. The van der Waals surface area contributed by atoms with Crippen molar-refractivity contribution in [2.24, 2.45) is 0 Å². The summed E-state index contributed by atoms with van der Waals surface area (Å²) in [5.41, 5.74) is 0.525. The topological polar surface area (TPSA) is 86.8 Å². The summed E-state index contributed by atoms with van der Waals surface area (Å²) in [5.74, 6) is -1.77. The number of hydrogen-bond donors (Lipinski definition) is 1. The van der Waals surface area contributed by atoms with E-state index in [9.17, 15) is 22.4 Å². The van der Waals surface area contributed by atoms with Gasteiger partial charge in [-0.25, -0.2) is 12.8 Å². The smallest absolute Gasteiger partial charge is 0.244 e. The van der Waals surface area contributed by atoms with E-state index in [1.54, 1.807) is 38.1 Å². The van der Waals surface area contributed by atoms with Crippen LogP contribution in [0.15, 0.2) is 53.0 Å². The fourth-order valence-corrected chi connectivity index (χ4v) is 4.05. The Morgan fingerprint density at radius 3 is 2.29 bits per heavy atom. The number of carbonyl (C=O) groups is 2. The molecule has 0 radical (unpaired) electrons. The van der Waals surface area contributed by atoms with Crippen LogP contribution in [0.1, 0.15) is 19.4 Å². The lowest BCUT2D eigenvalue weighted by molar-refractivity contribution is -0.139. The van der Waals surface area contributed by atoms with Crippen molar-refractivity contribution in [1.29, 1.82) is 0 Å². The number of benzene rings is 2. The van der Waals surface area contributed by atoms with E-state index in [0.29, 0.717) is 10.8 Å². The molecule has 0 bridgehead atoms. The van der Waals surface area contributed by atoms with Gasteiger partial charge in [0.15, 0.2) is 0 Å². The van der Waals surface area contributed by atoms with Crippen molar-refractivity contribution in [2.45, 2.75) is 26.4 Å². The Morgan fingerprint density at radius 2 is 1.74 bits per heavy atom. The highest BCUT2D eigenvalue weighted by atomic mass is 79.9. The number of nitrogens with one attached hydrogen (secondary N) is 1. The van der Waals surface area contributed by atoms with Gasteiger partial charge in [-0.15, -0.1) is 0 Å². The zero-order chi connectivity index (χ0) is 23.2. The normalized spacial score (nSPS) is 12.2. The maximum atomic E-state index is 14.3. The maximum absolute atomic E-state index is 14.3. The van der Waals surface area contributed by atoms with Crippen LogP contribution in [0.5, 0.6) is 0 Å². The number of anilines is 1. The molecule has 2 rings (SSSR count). The van der Waals surface area contributed by atoms with E-state index in [1.165, 1.54) is 23.1 Å². The quantitative estimate of drug-likeness (QED) is 0.558. The predicted octanol–water partition coefficient (Wildman–Crippen LogP) is 2.91. The van der Waals surface area contributed by atoms with Crippen molar-refractivity contribution in [2.75, 3.05) is 23.7 Å². The fraction of sp³-hybridized carbons (Fsp3) is 0.333. The van der Waals surface area contributed by atoms with Gasteiger partial charge in [0.2, 0.25) is 21.8 Å². The Labute approximate surface area is 190 Å². The van der Waals surface area contributed by atoms with E-state index in [-0.39, 0.29) is 18.1 Å². The molecule has 7 nitrogen and oxygen atoms in total. The van der Waals surface area contributed by atoms with Crippen LogP contribution in [-0.4, -0.2) is 50.5 Å². The standard InChI is InChI=1S/C21H25BrFN3O4S/c1-4-24-21(28)15(2)25(13-16-9-11-17(22)12-10-16)20(27)14-26(31(3,29)30)19-8-6-5-7-18(19)23/h5-12,15H,4,13-14H2,1-3H3,(H,24,28)/t15-/m0/s1. The van der Waals surface area contributed by atoms with Crippen molar-refractivity contribution < 1.29 is 22.4 Å². The first-order valence-electron chi connectivity index (χ1n) is 9.58. The van der Waals surface area contributed by atoms with E-state index in [4.69, 9.17) is 0 Å². The minimum Gasteiger partial charge on any atom is -0.355 e. The highest BCUT2D eigenvalue weighted by Crippen LogP contribution is 2.22. The van der Waals surface area contributed by atoms with E-state index in [1.807, 2.05) is 0 Å². The van der Waals surface area contributed by atoms with E-state index >= 15 is 0 Å². The third-order valence-electron chi connectivity index (χ3n) is 4.58. The second-order valence-corrected chi connectivity index (χ2v) is 9.76. The number of para-hydroxylation sites is 1. The molecule has 1 N–H and O–H groups in total. The van der Waals surface area contributed by atoms with Crippen LogP contribution < -0.4 is 9.62 Å². The van der Waals surface area contributed by atoms with Crippen LogP contribution in [0.4, 0.5) is 10.1 Å². The lowest BCUT2D eigenvalue weighted by Gasteiger charge is -2.31. The lowest BCUT2D eigenvalue weighted by Crippen LogP contribution is -2.51. The molecule has 0 heterocycles. The number of carbonyl (C=O) groups excluding carboxylic acids is 2. The molecular formula is C21H25BrFN3O4S. The second-order valence-electron chi connectivity index (χ2n) is 6.94. The molecule has 2 aromatic carbocycles. The molecule has 0 saturated heterocycles. The summed E-state index contributed by atoms with van der Waals surface area (Å²) in [6.07, 6.45) is 0.902. The average molecular weight is 514 g/mol. The molecule has 31 heavy (non-hydrogen) atoms. The number of rotatable bonds is 9. The Hall–Kier alpha value is -2.46. The summed E-state index contributed by atoms with van der Waals surface area (Å²) in [4.78, 5) is 26.9. The van der Waals surface area contributed by atoms with Crippen LogP contribution in [0.2, 0.25) is 0 Å². The van der Waals surface area contributed by atoms with Gasteiger partial charge < -0.3 is 10.2 Å². The summed E-state index contributed by atoms with van der Waals surface area (Å²) in [6, 6.07) is 11.6. The van der Waals surface area contributed by atoms with Crippen LogP contribution in [0, 0.1) is 5.82 Å². The number of likely N-dealkylation sites (N-methyl/N-ethyl adjacent to an activating group) is 1. The summed E-state index contributed by atoms with van der Waals surface area (Å²) in [5, 5.41) is 2.67. The molecule has 168 valence electrons. The van der Waals surface area contributed by atoms with Gasteiger partial charge in [0.05, 0.1) is 11.9 Å². The third-order valence-corrected chi connectivity index (χ3v) is 6.24. The zero-order valence-corrected chi connectivity index (χ0v) is 19.9. The van der Waals surface area contributed by atoms with Crippen LogP contribution in [0.3, 0.4) is 0 Å². The second kappa shape index (κ2) is 10.7. The molecule has 0 aliphatic rings. The van der Waals surface area contributed by atoms with Crippen molar-refractivity contribution in [1.82, 2.24) is 10.2 Å². The molecular weight excluding hydrogens is 489 g/mol. The van der Waals surface area contributed by atoms with Crippen molar-refractivity contribution in [3.05, 3.63) is 64.4 Å². The van der Waals surface area contributed by atoms with Gasteiger partial charge in [0, 0.05) is 17.6 Å². The summed E-state index contributed by atoms with van der Waals surface area (Å²) < 4.78 is 40.6. The Balaban J connectivity index is 2.38. The van der Waals surface area contributed by atoms with Gasteiger partial charge in [-0.2, -0.15) is 0 Å². The van der Waals surface area contributed by atoms with Gasteiger partial charge in [0.1, 0.15) is 18.4 Å². The molecule has 10 heteroatoms. The molecule has 0 aliphatic carbocycles. The molecule has 0 unspecified atom stereocenters. The van der Waals surface area contributed by atoms with Gasteiger partial charge in [-0.1, -0.05) is 40.2 Å². The zero-order valence-electron chi connectivity index (χ0n) is 17.5. The van der Waals surface area contributed by atoms with Crippen molar-refractivity contribution in [3.8, 4) is 0 Å². The summed E-state index contributed by atoms with van der Waals surface area (Å²) in [6.45, 7) is 3.15. The minimum atomic E-state index is -3.96. The van der Waals surface area contributed by atoms with E-state index in [0.717, 1.165) is 22.4 Å². The Bertz CT molecular complexity index is 1030. The largest absolute Gasteiger partial charge is 0.355 e. The minimum absolute atomic E-state index is 0.0826. The molecule has 2 amide bonds. The maximum Gasteiger partial charge on any atom is 0.244 e. The number of hydrogen-bond acceptors (Lipinski definition) is 4. The SMILES string of the molecule is CCNC(=O)[C@H](C)N(Cc1ccc(Br)cc1)C(=O)CN(c1ccccc1F)S(C)(=O)=O. The van der Waals surface area contributed by atoms with E-state index < -0.39 is 34.3 Å². The highest BCUT2D eigenvalue weighted by molar-refractivity contribution is 9.10. The van der Waals surface area contributed by atoms with Gasteiger partial charge in [0.25, 0.3) is 0 Å². The molecule has 1 atom stereocenters. The molecule has 0 aromatic heterocycles. The van der Waals surface area contributed by atoms with Crippen LogP contribution in [-0.2, 0) is 26.2 Å². The number of amides is 2. The number of halogens is 2. The first-order valence-corrected chi connectivity index (χ1v) is 12.2. The number of nitrogens with zero attached hydrogens (tertiary/aromatic N) is 2. The Morgan fingerprint density at radius 1 is 1.13 bits per heavy atom. The monoisotopic (exact) mass is 513 g/mol. The van der Waals surface area contributed by atoms with E-state index in [2.05, 4.69) is 21.2 Å². The molecule has 2 aromatic rings. The summed E-state index contributed by atoms with van der Waals surface area (Å²) >= 11 is 3.35. The summed E-state index contributed by atoms with van der Waals surface area (Å²) in [7, 11) is -3.96. The van der Waals surface area contributed by atoms with Gasteiger partial charge >= 0.3 is 0 Å². The lowest BCUT2D eigenvalue weighted by atomic mass is 10.1. The predicted molar refractivity (Wildman–Crippen MR) is 121 cm³/mol.